The Morgan fingerprint density at radius 3 is 2.85 bits per heavy atom. The highest BCUT2D eigenvalue weighted by molar-refractivity contribution is 14.0. The van der Waals surface area contributed by atoms with Gasteiger partial charge in [0.1, 0.15) is 0 Å². The predicted octanol–water partition coefficient (Wildman–Crippen LogP) is 1.21. The first-order valence-corrected chi connectivity index (χ1v) is 9.49. The Hall–Kier alpha value is -0.610. The Bertz CT molecular complexity index is 456. The molecule has 2 unspecified atom stereocenters. The molecule has 7 nitrogen and oxygen atoms in total. The van der Waals surface area contributed by atoms with E-state index in [-0.39, 0.29) is 41.9 Å². The summed E-state index contributed by atoms with van der Waals surface area (Å²) >= 11 is 0. The zero-order valence-corrected chi connectivity index (χ0v) is 18.5. The van der Waals surface area contributed by atoms with Crippen LogP contribution in [0.3, 0.4) is 0 Å². The van der Waals surface area contributed by atoms with Crippen LogP contribution in [-0.2, 0) is 9.53 Å². The van der Waals surface area contributed by atoms with Crippen molar-refractivity contribution in [3.05, 3.63) is 0 Å². The first-order valence-electron chi connectivity index (χ1n) is 9.49. The third kappa shape index (κ3) is 7.19. The lowest BCUT2D eigenvalue weighted by atomic mass is 9.84. The number of rotatable bonds is 7. The number of guanidine groups is 1. The molecule has 2 heterocycles. The highest BCUT2D eigenvalue weighted by Crippen LogP contribution is 2.31. The van der Waals surface area contributed by atoms with Crippen molar-refractivity contribution < 1.29 is 14.6 Å². The number of amides is 1. The number of aliphatic imine (C=N–C) groups is 1. The minimum absolute atomic E-state index is 0. The Kier molecular flexibility index (Phi) is 10.8. The maximum Gasteiger partial charge on any atom is 0.224 e. The maximum absolute atomic E-state index is 12.3. The second-order valence-corrected chi connectivity index (χ2v) is 7.47. The number of nitrogens with zero attached hydrogens (tertiary/aromatic N) is 2. The summed E-state index contributed by atoms with van der Waals surface area (Å²) in [6.45, 7) is 6.85. The summed E-state index contributed by atoms with van der Waals surface area (Å²) in [7, 11) is 1.73. The highest BCUT2D eigenvalue weighted by atomic mass is 127. The van der Waals surface area contributed by atoms with Crippen LogP contribution in [0.25, 0.3) is 0 Å². The molecule has 2 saturated heterocycles. The van der Waals surface area contributed by atoms with Crippen molar-refractivity contribution in [3.8, 4) is 0 Å². The van der Waals surface area contributed by atoms with Gasteiger partial charge in [0.15, 0.2) is 5.96 Å². The molecule has 0 bridgehead atoms. The second kappa shape index (κ2) is 12.0. The molecule has 2 atom stereocenters. The van der Waals surface area contributed by atoms with Crippen molar-refractivity contribution in [2.75, 3.05) is 53.0 Å². The Morgan fingerprint density at radius 1 is 1.42 bits per heavy atom. The van der Waals surface area contributed by atoms with Gasteiger partial charge in [-0.15, -0.1) is 24.0 Å². The van der Waals surface area contributed by atoms with E-state index in [4.69, 9.17) is 4.74 Å². The van der Waals surface area contributed by atoms with Gasteiger partial charge in [-0.25, -0.2) is 0 Å². The van der Waals surface area contributed by atoms with Crippen LogP contribution >= 0.6 is 24.0 Å². The van der Waals surface area contributed by atoms with Crippen LogP contribution < -0.4 is 10.6 Å². The molecule has 2 aliphatic heterocycles. The van der Waals surface area contributed by atoms with E-state index in [1.54, 1.807) is 7.05 Å². The zero-order chi connectivity index (χ0) is 18.1. The van der Waals surface area contributed by atoms with Gasteiger partial charge in [0.05, 0.1) is 6.61 Å². The van der Waals surface area contributed by atoms with Crippen LogP contribution in [0.1, 0.15) is 39.0 Å². The van der Waals surface area contributed by atoms with E-state index in [1.807, 2.05) is 4.90 Å². The molecule has 2 fully saturated rings. The topological polar surface area (TPSA) is 86.2 Å². The summed E-state index contributed by atoms with van der Waals surface area (Å²) in [6, 6.07) is 0. The van der Waals surface area contributed by atoms with Gasteiger partial charge in [-0.3, -0.25) is 9.79 Å². The fourth-order valence-electron chi connectivity index (χ4n) is 3.67. The van der Waals surface area contributed by atoms with E-state index < -0.39 is 0 Å². The molecular formula is C18H35IN4O3. The number of aliphatic hydroxyl groups is 1. The molecular weight excluding hydrogens is 447 g/mol. The number of hydrogen-bond donors (Lipinski definition) is 3. The first-order chi connectivity index (χ1) is 12.1. The molecule has 3 N–H and O–H groups in total. The molecule has 0 aliphatic carbocycles. The Labute approximate surface area is 174 Å². The number of piperidine rings is 1. The normalized spacial score (nSPS) is 26.3. The zero-order valence-electron chi connectivity index (χ0n) is 16.1. The molecule has 2 aliphatic rings. The van der Waals surface area contributed by atoms with Crippen molar-refractivity contribution >= 4 is 35.8 Å². The third-order valence-corrected chi connectivity index (χ3v) is 5.32. The summed E-state index contributed by atoms with van der Waals surface area (Å²) < 4.78 is 5.51. The SMILES string of the molecule is CN=C(NCCC(=O)N1CCCC(C)C1)NCC1(CCO)CCOC1.I. The standard InChI is InChI=1S/C18H34N4O3.HI/c1-15-4-3-9-22(12-15)16(24)5-8-20-17(19-2)21-13-18(6-10-23)7-11-25-14-18;/h15,23H,3-14H2,1-2H3,(H2,19,20,21);1H. The average Bonchev–Trinajstić information content (AvgIpc) is 3.07. The monoisotopic (exact) mass is 482 g/mol. The fourth-order valence-corrected chi connectivity index (χ4v) is 3.67. The lowest BCUT2D eigenvalue weighted by Gasteiger charge is -2.31. The highest BCUT2D eigenvalue weighted by Gasteiger charge is 2.34. The summed E-state index contributed by atoms with van der Waals surface area (Å²) in [6.07, 6.45) is 4.49. The maximum atomic E-state index is 12.3. The lowest BCUT2D eigenvalue weighted by Crippen LogP contribution is -2.46. The van der Waals surface area contributed by atoms with Crippen molar-refractivity contribution in [1.29, 1.82) is 0 Å². The van der Waals surface area contributed by atoms with E-state index in [0.717, 1.165) is 39.0 Å². The van der Waals surface area contributed by atoms with Crippen LogP contribution in [0.2, 0.25) is 0 Å². The van der Waals surface area contributed by atoms with E-state index >= 15 is 0 Å². The van der Waals surface area contributed by atoms with Crippen LogP contribution in [-0.4, -0.2) is 74.9 Å². The van der Waals surface area contributed by atoms with Gasteiger partial charge in [-0.2, -0.15) is 0 Å². The molecule has 26 heavy (non-hydrogen) atoms. The van der Waals surface area contributed by atoms with E-state index in [2.05, 4.69) is 22.5 Å². The van der Waals surface area contributed by atoms with E-state index in [1.165, 1.54) is 6.42 Å². The van der Waals surface area contributed by atoms with Crippen LogP contribution in [0.15, 0.2) is 4.99 Å². The number of ether oxygens (including phenoxy) is 1. The summed E-state index contributed by atoms with van der Waals surface area (Å²) in [5.74, 6) is 1.52. The predicted molar refractivity (Wildman–Crippen MR) is 114 cm³/mol. The fraction of sp³-hybridized carbons (Fsp3) is 0.889. The van der Waals surface area contributed by atoms with Crippen molar-refractivity contribution in [2.24, 2.45) is 16.3 Å². The van der Waals surface area contributed by atoms with Gasteiger partial charge in [-0.05, 0) is 31.6 Å². The molecule has 152 valence electrons. The summed E-state index contributed by atoms with van der Waals surface area (Å²) in [5.41, 5.74) is -0.0217. The van der Waals surface area contributed by atoms with Crippen molar-refractivity contribution in [2.45, 2.75) is 39.0 Å². The molecule has 0 spiro atoms. The number of hydrogen-bond acceptors (Lipinski definition) is 4. The minimum Gasteiger partial charge on any atom is -0.396 e. The van der Waals surface area contributed by atoms with Gasteiger partial charge >= 0.3 is 0 Å². The molecule has 0 saturated carbocycles. The largest absolute Gasteiger partial charge is 0.396 e. The number of likely N-dealkylation sites (tertiary alicyclic amines) is 1. The number of aliphatic hydroxyl groups excluding tert-OH is 1. The van der Waals surface area contributed by atoms with Crippen molar-refractivity contribution in [1.82, 2.24) is 15.5 Å². The molecule has 8 heteroatoms. The minimum atomic E-state index is -0.0217. The van der Waals surface area contributed by atoms with Gasteiger partial charge in [0, 0.05) is 58.3 Å². The molecule has 1 amide bonds. The van der Waals surface area contributed by atoms with Gasteiger partial charge in [-0.1, -0.05) is 6.92 Å². The van der Waals surface area contributed by atoms with Crippen LogP contribution in [0, 0.1) is 11.3 Å². The van der Waals surface area contributed by atoms with Gasteiger partial charge in [0.2, 0.25) is 5.91 Å². The van der Waals surface area contributed by atoms with E-state index in [9.17, 15) is 9.90 Å². The lowest BCUT2D eigenvalue weighted by molar-refractivity contribution is -0.132. The average molecular weight is 482 g/mol. The van der Waals surface area contributed by atoms with Crippen LogP contribution in [0.4, 0.5) is 0 Å². The van der Waals surface area contributed by atoms with Gasteiger partial charge < -0.3 is 25.4 Å². The summed E-state index contributed by atoms with van der Waals surface area (Å²) in [5, 5.41) is 15.8. The van der Waals surface area contributed by atoms with Gasteiger partial charge in [0.25, 0.3) is 0 Å². The molecule has 0 aromatic heterocycles. The van der Waals surface area contributed by atoms with Crippen molar-refractivity contribution in [3.63, 3.8) is 0 Å². The molecule has 0 aromatic carbocycles. The second-order valence-electron chi connectivity index (χ2n) is 7.47. The number of carbonyl (C=O) groups excluding carboxylic acids is 1. The number of nitrogens with one attached hydrogen (secondary N) is 2. The molecule has 2 rings (SSSR count). The smallest absolute Gasteiger partial charge is 0.224 e. The Morgan fingerprint density at radius 2 is 2.23 bits per heavy atom. The van der Waals surface area contributed by atoms with Crippen LogP contribution in [0.5, 0.6) is 0 Å². The molecule has 0 radical (unpaired) electrons. The summed E-state index contributed by atoms with van der Waals surface area (Å²) in [4.78, 5) is 18.5. The quantitative estimate of drug-likeness (QED) is 0.289. The van der Waals surface area contributed by atoms with E-state index in [0.29, 0.717) is 38.0 Å². The Balaban J connectivity index is 0.00000338. The third-order valence-electron chi connectivity index (χ3n) is 5.32. The molecule has 0 aromatic rings. The first kappa shape index (κ1) is 23.4. The number of halogens is 1. The number of carbonyl (C=O) groups is 1.